The number of aryl methyl sites for hydroxylation is 1. The molecule has 9 heteroatoms. The van der Waals surface area contributed by atoms with Crippen LogP contribution in [0.3, 0.4) is 0 Å². The lowest BCUT2D eigenvalue weighted by molar-refractivity contribution is -0.132. The Bertz CT molecular complexity index is 1550. The van der Waals surface area contributed by atoms with Gasteiger partial charge in [-0.3, -0.25) is 14.4 Å². The number of nitrogens with zero attached hydrogens (tertiary/aromatic N) is 2. The number of aromatic nitrogens is 1. The third-order valence-corrected chi connectivity index (χ3v) is 7.71. The maximum Gasteiger partial charge on any atom is 0.263 e. The van der Waals surface area contributed by atoms with Crippen LogP contribution in [-0.4, -0.2) is 60.8 Å². The average Bonchev–Trinajstić information content (AvgIpc) is 3.45. The number of rotatable bonds is 9. The Kier molecular flexibility index (Phi) is 7.55. The molecule has 1 aromatic heterocycles. The number of ether oxygens (including phenoxy) is 3. The molecule has 0 spiro atoms. The molecule has 5 rings (SSSR count). The number of carbonyl (C=O) groups is 3. The molecular weight excluding hydrogens is 527 g/mol. The molecule has 41 heavy (non-hydrogen) atoms. The molecule has 1 atom stereocenters. The minimum absolute atomic E-state index is 0.0300. The van der Waals surface area contributed by atoms with Crippen LogP contribution in [0.2, 0.25) is 0 Å². The first-order valence-electron chi connectivity index (χ1n) is 13.6. The number of benzene rings is 2. The number of carbonyl (C=O) groups excluding carboxylic acids is 3. The molecule has 214 valence electrons. The number of pyridine rings is 1. The van der Waals surface area contributed by atoms with Gasteiger partial charge in [0.05, 0.1) is 13.7 Å². The summed E-state index contributed by atoms with van der Waals surface area (Å²) in [5.74, 6) is 0.371. The van der Waals surface area contributed by atoms with Crippen LogP contribution in [0.5, 0.6) is 17.2 Å². The Morgan fingerprint density at radius 2 is 1.85 bits per heavy atom. The van der Waals surface area contributed by atoms with E-state index < -0.39 is 6.10 Å². The lowest BCUT2D eigenvalue weighted by Gasteiger charge is -2.17. The van der Waals surface area contributed by atoms with Crippen LogP contribution in [0.4, 0.5) is 4.39 Å². The smallest absolute Gasteiger partial charge is 0.263 e. The first-order chi connectivity index (χ1) is 19.5. The second-order valence-electron chi connectivity index (χ2n) is 11.2. The van der Waals surface area contributed by atoms with E-state index in [1.807, 2.05) is 13.8 Å². The fourth-order valence-electron chi connectivity index (χ4n) is 5.13. The van der Waals surface area contributed by atoms with Gasteiger partial charge in [0.2, 0.25) is 0 Å². The molecule has 0 bridgehead atoms. The maximum absolute atomic E-state index is 14.0. The molecule has 0 aliphatic carbocycles. The molecule has 1 unspecified atom stereocenters. The summed E-state index contributed by atoms with van der Waals surface area (Å²) in [7, 11) is 3.19. The van der Waals surface area contributed by atoms with Crippen LogP contribution in [-0.2, 0) is 10.2 Å². The highest BCUT2D eigenvalue weighted by atomic mass is 19.1. The largest absolute Gasteiger partial charge is 0.493 e. The van der Waals surface area contributed by atoms with E-state index >= 15 is 0 Å². The summed E-state index contributed by atoms with van der Waals surface area (Å²) in [6.45, 7) is 6.77. The lowest BCUT2D eigenvalue weighted by atomic mass is 9.85. The Hall–Kier alpha value is -4.27. The predicted octanol–water partition coefficient (Wildman–Crippen LogP) is 5.33. The first kappa shape index (κ1) is 28.3. The van der Waals surface area contributed by atoms with Crippen molar-refractivity contribution < 1.29 is 33.0 Å². The van der Waals surface area contributed by atoms with Gasteiger partial charge < -0.3 is 19.1 Å². The van der Waals surface area contributed by atoms with Crippen molar-refractivity contribution in [2.75, 3.05) is 27.3 Å². The Balaban J connectivity index is 1.34. The summed E-state index contributed by atoms with van der Waals surface area (Å²) in [6, 6.07) is 11.2. The summed E-state index contributed by atoms with van der Waals surface area (Å²) >= 11 is 0. The predicted molar refractivity (Wildman–Crippen MR) is 150 cm³/mol. The number of methoxy groups -OCH3 is 1. The molecule has 2 aromatic carbocycles. The molecule has 0 N–H and O–H groups in total. The van der Waals surface area contributed by atoms with Crippen LogP contribution in [0.15, 0.2) is 42.5 Å². The zero-order valence-corrected chi connectivity index (χ0v) is 23.9. The van der Waals surface area contributed by atoms with Gasteiger partial charge in [0, 0.05) is 55.0 Å². The highest BCUT2D eigenvalue weighted by Crippen LogP contribution is 2.44. The number of halogens is 1. The van der Waals surface area contributed by atoms with Gasteiger partial charge >= 0.3 is 0 Å². The Morgan fingerprint density at radius 3 is 2.54 bits per heavy atom. The van der Waals surface area contributed by atoms with Crippen molar-refractivity contribution in [1.29, 1.82) is 0 Å². The Labute approximate surface area is 238 Å². The molecule has 2 aliphatic heterocycles. The summed E-state index contributed by atoms with van der Waals surface area (Å²) < 4.78 is 31.2. The highest BCUT2D eigenvalue weighted by molar-refractivity contribution is 6.02. The summed E-state index contributed by atoms with van der Waals surface area (Å²) in [4.78, 5) is 44.9. The zero-order valence-electron chi connectivity index (χ0n) is 23.9. The van der Waals surface area contributed by atoms with E-state index in [1.54, 1.807) is 55.3 Å². The molecule has 0 radical (unpaired) electrons. The van der Waals surface area contributed by atoms with Crippen molar-refractivity contribution in [2.45, 2.75) is 51.6 Å². The summed E-state index contributed by atoms with van der Waals surface area (Å²) in [5, 5.41) is 0. The molecule has 1 fully saturated rings. The maximum atomic E-state index is 14.0. The van der Waals surface area contributed by atoms with Gasteiger partial charge in [-0.05, 0) is 55.0 Å². The van der Waals surface area contributed by atoms with Crippen LogP contribution >= 0.6 is 0 Å². The van der Waals surface area contributed by atoms with Crippen LogP contribution in [0.1, 0.15) is 65.1 Å². The monoisotopic (exact) mass is 560 g/mol. The molecule has 3 aromatic rings. The van der Waals surface area contributed by atoms with Gasteiger partial charge in [-0.1, -0.05) is 13.8 Å². The molecule has 1 saturated heterocycles. The Morgan fingerprint density at radius 1 is 1.10 bits per heavy atom. The number of Topliss-reactive ketones (excluding diaryl/α,β-unsaturated/α-hetero) is 2. The van der Waals surface area contributed by atoms with Crippen LogP contribution in [0, 0.1) is 12.7 Å². The molecule has 3 heterocycles. The van der Waals surface area contributed by atoms with E-state index in [1.165, 1.54) is 13.2 Å². The first-order valence-corrected chi connectivity index (χ1v) is 13.6. The van der Waals surface area contributed by atoms with Crippen molar-refractivity contribution in [3.63, 3.8) is 0 Å². The molecular formula is C32H33FN2O6. The second kappa shape index (κ2) is 11.0. The van der Waals surface area contributed by atoms with Crippen molar-refractivity contribution in [1.82, 2.24) is 9.88 Å². The van der Waals surface area contributed by atoms with E-state index in [4.69, 9.17) is 14.2 Å². The lowest BCUT2D eigenvalue weighted by Crippen LogP contribution is -2.29. The minimum Gasteiger partial charge on any atom is -0.493 e. The third-order valence-electron chi connectivity index (χ3n) is 7.71. The number of hydrogen-bond acceptors (Lipinski definition) is 7. The van der Waals surface area contributed by atoms with Crippen molar-refractivity contribution >= 4 is 17.5 Å². The number of fused-ring (bicyclic) bond motifs is 1. The number of ketones is 2. The molecule has 8 nitrogen and oxygen atoms in total. The van der Waals surface area contributed by atoms with Gasteiger partial charge in [0.15, 0.2) is 29.2 Å². The average molecular weight is 561 g/mol. The number of likely N-dealkylation sites (N-methyl/N-ethyl adjacent to an activating group) is 1. The van der Waals surface area contributed by atoms with E-state index in [9.17, 15) is 18.8 Å². The van der Waals surface area contributed by atoms with Crippen molar-refractivity contribution in [2.24, 2.45) is 0 Å². The van der Waals surface area contributed by atoms with Crippen molar-refractivity contribution in [3.05, 3.63) is 70.7 Å². The molecule has 0 saturated carbocycles. The minimum atomic E-state index is -0.591. The topological polar surface area (TPSA) is 95.0 Å². The van der Waals surface area contributed by atoms with Gasteiger partial charge in [-0.15, -0.1) is 0 Å². The van der Waals surface area contributed by atoms with Gasteiger partial charge in [0.1, 0.15) is 23.0 Å². The normalized spacial score (nSPS) is 17.3. The number of likely N-dealkylation sites (tertiary alicyclic amines) is 1. The van der Waals surface area contributed by atoms with Crippen LogP contribution in [0.25, 0.3) is 11.3 Å². The van der Waals surface area contributed by atoms with E-state index in [-0.39, 0.29) is 47.2 Å². The summed E-state index contributed by atoms with van der Waals surface area (Å²) in [5.41, 5.74) is 2.72. The number of amides is 1. The van der Waals surface area contributed by atoms with Gasteiger partial charge in [-0.25, -0.2) is 9.37 Å². The van der Waals surface area contributed by atoms with Gasteiger partial charge in [-0.2, -0.15) is 0 Å². The SMILES string of the molecule is COc1cc(C(=O)CCC(=O)c2cc3c(c(-c4ccc(F)c(C)c4)n2)OCC3(C)C)ccc1OC1CCN(C)C1=O. The molecule has 2 aliphatic rings. The van der Waals surface area contributed by atoms with E-state index in [2.05, 4.69) is 4.98 Å². The third kappa shape index (κ3) is 5.53. The number of hydrogen-bond donors (Lipinski definition) is 0. The second-order valence-corrected chi connectivity index (χ2v) is 11.2. The zero-order chi connectivity index (χ0) is 29.5. The fourth-order valence-corrected chi connectivity index (χ4v) is 5.13. The highest BCUT2D eigenvalue weighted by Gasteiger charge is 2.36. The fraction of sp³-hybridized carbons (Fsp3) is 0.375. The van der Waals surface area contributed by atoms with E-state index in [0.717, 1.165) is 5.56 Å². The molecule has 1 amide bonds. The van der Waals surface area contributed by atoms with Gasteiger partial charge in [0.25, 0.3) is 5.91 Å². The van der Waals surface area contributed by atoms with Crippen molar-refractivity contribution in [3.8, 4) is 28.5 Å². The van der Waals surface area contributed by atoms with Crippen LogP contribution < -0.4 is 14.2 Å². The quantitative estimate of drug-likeness (QED) is 0.327. The standard InChI is InChI=1S/C32H33FN2O6/c1-18-14-20(6-8-22(18)33)29-30-21(32(2,3)17-40-30)16-23(34-29)25(37)10-9-24(36)19-7-11-26(28(15-19)39-5)41-27-12-13-35(4)31(27)38/h6-8,11,14-16,27H,9-10,12-13,17H2,1-5H3. The van der Waals surface area contributed by atoms with E-state index in [0.29, 0.717) is 59.2 Å². The summed E-state index contributed by atoms with van der Waals surface area (Å²) in [6.07, 6.45) is -0.0919.